The number of esters is 1. The molecule has 0 aliphatic carbocycles. The molecule has 0 atom stereocenters. The SMILES string of the molecule is Cc1ccc(C(=O)COC(=O)c2ccccc2OCc2cn3ccccc3n2)cc1C. The zero-order chi connectivity index (χ0) is 21.8. The molecule has 6 nitrogen and oxygen atoms in total. The van der Waals surface area contributed by atoms with E-state index in [9.17, 15) is 9.59 Å². The third-order valence-corrected chi connectivity index (χ3v) is 5.06. The molecule has 0 spiro atoms. The van der Waals surface area contributed by atoms with Crippen molar-refractivity contribution in [1.82, 2.24) is 9.38 Å². The van der Waals surface area contributed by atoms with E-state index in [1.807, 2.05) is 54.9 Å². The maximum atomic E-state index is 12.6. The van der Waals surface area contributed by atoms with Gasteiger partial charge in [0.05, 0.1) is 5.69 Å². The van der Waals surface area contributed by atoms with E-state index in [1.165, 1.54) is 0 Å². The van der Waals surface area contributed by atoms with E-state index >= 15 is 0 Å². The van der Waals surface area contributed by atoms with Crippen molar-refractivity contribution in [2.24, 2.45) is 0 Å². The summed E-state index contributed by atoms with van der Waals surface area (Å²) in [5.41, 5.74) is 4.46. The molecule has 0 unspecified atom stereocenters. The molecular formula is C25H22N2O4. The second-order valence-corrected chi connectivity index (χ2v) is 7.28. The van der Waals surface area contributed by atoms with Crippen LogP contribution in [0.3, 0.4) is 0 Å². The number of ether oxygens (including phenoxy) is 2. The van der Waals surface area contributed by atoms with Crippen LogP contribution < -0.4 is 4.74 Å². The van der Waals surface area contributed by atoms with Crippen LogP contribution in [-0.4, -0.2) is 27.7 Å². The number of ketones is 1. The molecule has 0 bridgehead atoms. The molecule has 4 aromatic rings. The van der Waals surface area contributed by atoms with E-state index < -0.39 is 5.97 Å². The van der Waals surface area contributed by atoms with Crippen LogP contribution in [0, 0.1) is 13.8 Å². The Morgan fingerprint density at radius 1 is 0.968 bits per heavy atom. The second-order valence-electron chi connectivity index (χ2n) is 7.28. The Bertz CT molecular complexity index is 1230. The van der Waals surface area contributed by atoms with Crippen molar-refractivity contribution < 1.29 is 19.1 Å². The van der Waals surface area contributed by atoms with Gasteiger partial charge in [-0.1, -0.05) is 30.3 Å². The van der Waals surface area contributed by atoms with E-state index in [2.05, 4.69) is 4.98 Å². The smallest absolute Gasteiger partial charge is 0.342 e. The van der Waals surface area contributed by atoms with Crippen molar-refractivity contribution in [3.05, 3.63) is 101 Å². The van der Waals surface area contributed by atoms with Gasteiger partial charge in [-0.3, -0.25) is 4.79 Å². The average Bonchev–Trinajstić information content (AvgIpc) is 3.21. The molecule has 2 heterocycles. The van der Waals surface area contributed by atoms with Gasteiger partial charge in [0.2, 0.25) is 0 Å². The van der Waals surface area contributed by atoms with Gasteiger partial charge in [-0.15, -0.1) is 0 Å². The van der Waals surface area contributed by atoms with Crippen molar-refractivity contribution in [3.8, 4) is 5.75 Å². The van der Waals surface area contributed by atoms with Crippen LogP contribution in [0.4, 0.5) is 0 Å². The third-order valence-electron chi connectivity index (χ3n) is 5.06. The lowest BCUT2D eigenvalue weighted by atomic mass is 10.0. The molecular weight excluding hydrogens is 392 g/mol. The van der Waals surface area contributed by atoms with Crippen LogP contribution in [0.1, 0.15) is 37.5 Å². The summed E-state index contributed by atoms with van der Waals surface area (Å²) in [6.07, 6.45) is 3.78. The molecule has 2 aromatic carbocycles. The largest absolute Gasteiger partial charge is 0.486 e. The number of nitrogens with zero attached hydrogens (tertiary/aromatic N) is 2. The lowest BCUT2D eigenvalue weighted by molar-refractivity contribution is 0.0470. The summed E-state index contributed by atoms with van der Waals surface area (Å²) in [4.78, 5) is 29.5. The maximum absolute atomic E-state index is 12.6. The normalized spacial score (nSPS) is 10.8. The third kappa shape index (κ3) is 4.64. The van der Waals surface area contributed by atoms with Gasteiger partial charge in [-0.05, 0) is 55.3 Å². The van der Waals surface area contributed by atoms with Gasteiger partial charge in [-0.25, -0.2) is 9.78 Å². The first-order valence-electron chi connectivity index (χ1n) is 9.93. The van der Waals surface area contributed by atoms with Crippen LogP contribution in [0.25, 0.3) is 5.65 Å². The Balaban J connectivity index is 1.41. The van der Waals surface area contributed by atoms with Gasteiger partial charge in [0, 0.05) is 18.0 Å². The zero-order valence-corrected chi connectivity index (χ0v) is 17.4. The molecule has 0 radical (unpaired) electrons. The Kier molecular flexibility index (Phi) is 5.80. The number of Topliss-reactive ketones (excluding diaryl/α,β-unsaturated/α-hetero) is 1. The van der Waals surface area contributed by atoms with Crippen molar-refractivity contribution in [3.63, 3.8) is 0 Å². The van der Waals surface area contributed by atoms with Gasteiger partial charge < -0.3 is 13.9 Å². The van der Waals surface area contributed by atoms with Crippen LogP contribution in [-0.2, 0) is 11.3 Å². The topological polar surface area (TPSA) is 69.9 Å². The number of para-hydroxylation sites is 1. The van der Waals surface area contributed by atoms with Gasteiger partial charge in [-0.2, -0.15) is 0 Å². The minimum Gasteiger partial charge on any atom is -0.486 e. The Hall–Kier alpha value is -3.93. The minimum atomic E-state index is -0.609. The minimum absolute atomic E-state index is 0.202. The van der Waals surface area contributed by atoms with E-state index in [0.717, 1.165) is 22.5 Å². The number of fused-ring (bicyclic) bond motifs is 1. The van der Waals surface area contributed by atoms with Gasteiger partial charge in [0.25, 0.3) is 0 Å². The number of carbonyl (C=O) groups excluding carboxylic acids is 2. The fourth-order valence-electron chi connectivity index (χ4n) is 3.18. The predicted molar refractivity (Wildman–Crippen MR) is 116 cm³/mol. The van der Waals surface area contributed by atoms with Crippen LogP contribution >= 0.6 is 0 Å². The van der Waals surface area contributed by atoms with Crippen molar-refractivity contribution in [2.45, 2.75) is 20.5 Å². The zero-order valence-electron chi connectivity index (χ0n) is 17.4. The molecule has 2 aromatic heterocycles. The molecule has 0 saturated carbocycles. The first-order valence-corrected chi connectivity index (χ1v) is 9.93. The number of pyridine rings is 1. The summed E-state index contributed by atoms with van der Waals surface area (Å²) in [6.45, 7) is 3.79. The molecule has 0 amide bonds. The highest BCUT2D eigenvalue weighted by Crippen LogP contribution is 2.21. The molecule has 0 N–H and O–H groups in total. The first kappa shape index (κ1) is 20.3. The monoisotopic (exact) mass is 414 g/mol. The number of benzene rings is 2. The first-order chi connectivity index (χ1) is 15.0. The van der Waals surface area contributed by atoms with Gasteiger partial charge >= 0.3 is 5.97 Å². The van der Waals surface area contributed by atoms with E-state index in [4.69, 9.17) is 9.47 Å². The van der Waals surface area contributed by atoms with Crippen LogP contribution in [0.15, 0.2) is 73.1 Å². The molecule has 0 fully saturated rings. The standard InChI is InChI=1S/C25H22N2O4/c1-17-10-11-19(13-18(17)2)22(28)16-31-25(29)21-7-3-4-8-23(21)30-15-20-14-27-12-6-5-9-24(27)26-20/h3-14H,15-16H2,1-2H3. The summed E-state index contributed by atoms with van der Waals surface area (Å²) in [5, 5.41) is 0. The van der Waals surface area contributed by atoms with Gasteiger partial charge in [0.15, 0.2) is 12.4 Å². The van der Waals surface area contributed by atoms with Gasteiger partial charge in [0.1, 0.15) is 23.6 Å². The number of imidazole rings is 1. The Morgan fingerprint density at radius 2 is 1.77 bits per heavy atom. The lowest BCUT2D eigenvalue weighted by Crippen LogP contribution is -2.15. The number of hydrogen-bond donors (Lipinski definition) is 0. The Morgan fingerprint density at radius 3 is 2.58 bits per heavy atom. The predicted octanol–water partition coefficient (Wildman–Crippen LogP) is 4.57. The van der Waals surface area contributed by atoms with Crippen molar-refractivity contribution >= 4 is 17.4 Å². The highest BCUT2D eigenvalue weighted by Gasteiger charge is 2.17. The van der Waals surface area contributed by atoms with Crippen LogP contribution in [0.2, 0.25) is 0 Å². The average molecular weight is 414 g/mol. The van der Waals surface area contributed by atoms with Crippen molar-refractivity contribution in [2.75, 3.05) is 6.61 Å². The van der Waals surface area contributed by atoms with E-state index in [-0.39, 0.29) is 24.6 Å². The number of rotatable bonds is 7. The Labute approximate surface area is 180 Å². The molecule has 4 rings (SSSR count). The second kappa shape index (κ2) is 8.83. The van der Waals surface area contributed by atoms with E-state index in [1.54, 1.807) is 36.4 Å². The number of hydrogen-bond acceptors (Lipinski definition) is 5. The van der Waals surface area contributed by atoms with E-state index in [0.29, 0.717) is 11.3 Å². The summed E-state index contributed by atoms with van der Waals surface area (Å²) in [5.74, 6) is -0.481. The lowest BCUT2D eigenvalue weighted by Gasteiger charge is -2.10. The maximum Gasteiger partial charge on any atom is 0.342 e. The number of aryl methyl sites for hydroxylation is 2. The number of aromatic nitrogens is 2. The highest BCUT2D eigenvalue weighted by atomic mass is 16.5. The molecule has 0 aliphatic rings. The summed E-state index contributed by atoms with van der Waals surface area (Å²) >= 11 is 0. The van der Waals surface area contributed by atoms with Crippen molar-refractivity contribution in [1.29, 1.82) is 0 Å². The summed E-state index contributed by atoms with van der Waals surface area (Å²) < 4.78 is 13.0. The molecule has 0 saturated heterocycles. The molecule has 6 heteroatoms. The molecule has 0 aliphatic heterocycles. The summed E-state index contributed by atoms with van der Waals surface area (Å²) in [6, 6.07) is 18.0. The highest BCUT2D eigenvalue weighted by molar-refractivity contribution is 6.00. The summed E-state index contributed by atoms with van der Waals surface area (Å²) in [7, 11) is 0. The van der Waals surface area contributed by atoms with Crippen LogP contribution in [0.5, 0.6) is 5.75 Å². The fourth-order valence-corrected chi connectivity index (χ4v) is 3.18. The fraction of sp³-hybridized carbons (Fsp3) is 0.160. The quantitative estimate of drug-likeness (QED) is 0.327. The number of carbonyl (C=O) groups is 2. The molecule has 31 heavy (non-hydrogen) atoms. The molecule has 156 valence electrons.